The Bertz CT molecular complexity index is 876. The van der Waals surface area contributed by atoms with Crippen LogP contribution >= 0.6 is 24.0 Å². The van der Waals surface area contributed by atoms with Gasteiger partial charge in [0.1, 0.15) is 5.82 Å². The standard InChI is InChI=1S/C24H34N6O.HI/c1-18(12-13-19-8-4-3-5-9-19)29-24(26-2)28-16-20-10-6-14-27-23(20)30-15-7-11-21(17-30)22(25)31;/h3-6,8-10,14,18,21H,7,11-13,15-17H2,1-2H3,(H2,25,31)(H2,26,28,29);1H. The molecule has 7 nitrogen and oxygen atoms in total. The van der Waals surface area contributed by atoms with Crippen LogP contribution in [0.15, 0.2) is 53.7 Å². The number of piperidine rings is 1. The van der Waals surface area contributed by atoms with Gasteiger partial charge in [-0.25, -0.2) is 4.98 Å². The molecule has 174 valence electrons. The van der Waals surface area contributed by atoms with Gasteiger partial charge in [-0.05, 0) is 44.2 Å². The Hall–Kier alpha value is -2.36. The van der Waals surface area contributed by atoms with Gasteiger partial charge in [0.25, 0.3) is 0 Å². The number of nitrogens with zero attached hydrogens (tertiary/aromatic N) is 3. The first-order valence-electron chi connectivity index (χ1n) is 11.1. The molecule has 1 aliphatic rings. The number of aryl methyl sites for hydroxylation is 1. The van der Waals surface area contributed by atoms with E-state index >= 15 is 0 Å². The number of aromatic nitrogens is 1. The number of rotatable bonds is 8. The molecule has 1 amide bonds. The molecule has 2 atom stereocenters. The molecule has 1 fully saturated rings. The van der Waals surface area contributed by atoms with Crippen molar-refractivity contribution in [1.82, 2.24) is 15.6 Å². The van der Waals surface area contributed by atoms with Crippen molar-refractivity contribution in [2.24, 2.45) is 16.6 Å². The highest BCUT2D eigenvalue weighted by atomic mass is 127. The Morgan fingerprint density at radius 2 is 2.06 bits per heavy atom. The summed E-state index contributed by atoms with van der Waals surface area (Å²) in [6.45, 7) is 4.29. The predicted octanol–water partition coefficient (Wildman–Crippen LogP) is 3.09. The van der Waals surface area contributed by atoms with Crippen LogP contribution < -0.4 is 21.3 Å². The Labute approximate surface area is 208 Å². The van der Waals surface area contributed by atoms with E-state index in [4.69, 9.17) is 5.73 Å². The zero-order chi connectivity index (χ0) is 22.1. The Balaban J connectivity index is 0.00000363. The van der Waals surface area contributed by atoms with Crippen molar-refractivity contribution in [3.8, 4) is 0 Å². The molecule has 1 saturated heterocycles. The quantitative estimate of drug-likeness (QED) is 0.267. The molecule has 0 bridgehead atoms. The number of nitrogens with one attached hydrogen (secondary N) is 2. The van der Waals surface area contributed by atoms with Crippen LogP contribution in [0.4, 0.5) is 5.82 Å². The number of aliphatic imine (C=N–C) groups is 1. The van der Waals surface area contributed by atoms with Gasteiger partial charge < -0.3 is 21.3 Å². The normalized spacial score (nSPS) is 17.2. The number of carbonyl (C=O) groups is 1. The van der Waals surface area contributed by atoms with Gasteiger partial charge in [-0.1, -0.05) is 36.4 Å². The zero-order valence-electron chi connectivity index (χ0n) is 19.0. The number of anilines is 1. The van der Waals surface area contributed by atoms with Crippen molar-refractivity contribution < 1.29 is 4.79 Å². The number of primary amides is 1. The minimum absolute atomic E-state index is 0. The summed E-state index contributed by atoms with van der Waals surface area (Å²) in [6, 6.07) is 14.8. The van der Waals surface area contributed by atoms with E-state index in [2.05, 4.69) is 62.8 Å². The molecule has 4 N–H and O–H groups in total. The summed E-state index contributed by atoms with van der Waals surface area (Å²) < 4.78 is 0. The zero-order valence-corrected chi connectivity index (χ0v) is 21.3. The monoisotopic (exact) mass is 550 g/mol. The summed E-state index contributed by atoms with van der Waals surface area (Å²) in [5.41, 5.74) is 7.97. The number of pyridine rings is 1. The average Bonchev–Trinajstić information content (AvgIpc) is 2.81. The van der Waals surface area contributed by atoms with Gasteiger partial charge in [-0.15, -0.1) is 24.0 Å². The molecule has 2 unspecified atom stereocenters. The van der Waals surface area contributed by atoms with Gasteiger partial charge in [-0.3, -0.25) is 9.79 Å². The molecular weight excluding hydrogens is 515 g/mol. The summed E-state index contributed by atoms with van der Waals surface area (Å²) >= 11 is 0. The number of amides is 1. The lowest BCUT2D eigenvalue weighted by Gasteiger charge is -2.33. The Morgan fingerprint density at radius 1 is 1.28 bits per heavy atom. The molecule has 1 aromatic heterocycles. The molecule has 1 aromatic carbocycles. The maximum absolute atomic E-state index is 11.7. The largest absolute Gasteiger partial charge is 0.369 e. The van der Waals surface area contributed by atoms with E-state index in [0.717, 1.165) is 49.6 Å². The summed E-state index contributed by atoms with van der Waals surface area (Å²) in [6.07, 6.45) is 5.63. The van der Waals surface area contributed by atoms with E-state index in [9.17, 15) is 4.79 Å². The van der Waals surface area contributed by atoms with Crippen LogP contribution in [0.3, 0.4) is 0 Å². The van der Waals surface area contributed by atoms with Crippen LogP contribution in [-0.4, -0.2) is 43.0 Å². The maximum atomic E-state index is 11.7. The van der Waals surface area contributed by atoms with Crippen LogP contribution in [0.5, 0.6) is 0 Å². The first-order chi connectivity index (χ1) is 15.1. The maximum Gasteiger partial charge on any atom is 0.222 e. The number of hydrogen-bond acceptors (Lipinski definition) is 4. The third-order valence-corrected chi connectivity index (χ3v) is 5.75. The number of guanidine groups is 1. The third kappa shape index (κ3) is 7.65. The van der Waals surface area contributed by atoms with E-state index in [0.29, 0.717) is 13.1 Å². The van der Waals surface area contributed by atoms with Crippen LogP contribution in [0, 0.1) is 5.92 Å². The van der Waals surface area contributed by atoms with Gasteiger partial charge in [-0.2, -0.15) is 0 Å². The van der Waals surface area contributed by atoms with Crippen molar-refractivity contribution in [1.29, 1.82) is 0 Å². The predicted molar refractivity (Wildman–Crippen MR) is 141 cm³/mol. The van der Waals surface area contributed by atoms with Crippen molar-refractivity contribution in [2.75, 3.05) is 25.0 Å². The van der Waals surface area contributed by atoms with Crippen molar-refractivity contribution >= 4 is 41.7 Å². The second-order valence-electron chi connectivity index (χ2n) is 8.17. The lowest BCUT2D eigenvalue weighted by atomic mass is 9.97. The molecule has 2 aromatic rings. The van der Waals surface area contributed by atoms with Crippen molar-refractivity contribution in [2.45, 2.75) is 45.2 Å². The highest BCUT2D eigenvalue weighted by Gasteiger charge is 2.26. The summed E-state index contributed by atoms with van der Waals surface area (Å²) in [4.78, 5) is 22.8. The van der Waals surface area contributed by atoms with Crippen LogP contribution in [-0.2, 0) is 17.8 Å². The van der Waals surface area contributed by atoms with Gasteiger partial charge in [0.05, 0.1) is 5.92 Å². The molecule has 0 aliphatic carbocycles. The van der Waals surface area contributed by atoms with E-state index in [1.54, 1.807) is 13.2 Å². The smallest absolute Gasteiger partial charge is 0.222 e. The fourth-order valence-corrected chi connectivity index (χ4v) is 3.96. The van der Waals surface area contributed by atoms with E-state index < -0.39 is 0 Å². The Morgan fingerprint density at radius 3 is 2.78 bits per heavy atom. The molecule has 32 heavy (non-hydrogen) atoms. The second kappa shape index (κ2) is 13.2. The van der Waals surface area contributed by atoms with Crippen molar-refractivity contribution in [3.05, 3.63) is 59.8 Å². The van der Waals surface area contributed by atoms with E-state index in [-0.39, 0.29) is 41.8 Å². The summed E-state index contributed by atoms with van der Waals surface area (Å²) in [5.74, 6) is 1.34. The van der Waals surface area contributed by atoms with E-state index in [1.807, 2.05) is 12.1 Å². The fourth-order valence-electron chi connectivity index (χ4n) is 3.96. The molecule has 1 aliphatic heterocycles. The van der Waals surface area contributed by atoms with E-state index in [1.165, 1.54) is 5.56 Å². The molecule has 0 saturated carbocycles. The minimum Gasteiger partial charge on any atom is -0.369 e. The SMILES string of the molecule is CN=C(NCc1cccnc1N1CCCC(C(N)=O)C1)NC(C)CCc1ccccc1.I. The van der Waals surface area contributed by atoms with Gasteiger partial charge in [0.15, 0.2) is 5.96 Å². The number of halogens is 1. The minimum atomic E-state index is -0.227. The molecule has 0 spiro atoms. The first-order valence-corrected chi connectivity index (χ1v) is 11.1. The molecule has 3 rings (SSSR count). The third-order valence-electron chi connectivity index (χ3n) is 5.75. The fraction of sp³-hybridized carbons (Fsp3) is 0.458. The van der Waals surface area contributed by atoms with Gasteiger partial charge in [0, 0.05) is 44.5 Å². The lowest BCUT2D eigenvalue weighted by Crippen LogP contribution is -2.43. The van der Waals surface area contributed by atoms with Crippen LogP contribution in [0.1, 0.15) is 37.3 Å². The Kier molecular flexibility index (Phi) is 10.7. The first kappa shape index (κ1) is 25.9. The summed E-state index contributed by atoms with van der Waals surface area (Å²) in [7, 11) is 1.78. The molecule has 8 heteroatoms. The lowest BCUT2D eigenvalue weighted by molar-refractivity contribution is -0.122. The van der Waals surface area contributed by atoms with Crippen LogP contribution in [0.2, 0.25) is 0 Å². The highest BCUT2D eigenvalue weighted by molar-refractivity contribution is 14.0. The average molecular weight is 550 g/mol. The van der Waals surface area contributed by atoms with Gasteiger partial charge in [0.2, 0.25) is 5.91 Å². The number of benzene rings is 1. The summed E-state index contributed by atoms with van der Waals surface area (Å²) in [5, 5.41) is 6.88. The number of hydrogen-bond donors (Lipinski definition) is 3. The second-order valence-corrected chi connectivity index (χ2v) is 8.17. The molecular formula is C24H35IN6O. The topological polar surface area (TPSA) is 95.6 Å². The van der Waals surface area contributed by atoms with Crippen LogP contribution in [0.25, 0.3) is 0 Å². The number of nitrogens with two attached hydrogens (primary N) is 1. The molecule has 0 radical (unpaired) electrons. The highest BCUT2D eigenvalue weighted by Crippen LogP contribution is 2.24. The molecule has 2 heterocycles. The number of carbonyl (C=O) groups excluding carboxylic acids is 1. The van der Waals surface area contributed by atoms with Crippen molar-refractivity contribution in [3.63, 3.8) is 0 Å². The van der Waals surface area contributed by atoms with Gasteiger partial charge >= 0.3 is 0 Å².